The maximum absolute atomic E-state index is 12.5. The first-order valence-electron chi connectivity index (χ1n) is 10.4. The van der Waals surface area contributed by atoms with Gasteiger partial charge in [-0.2, -0.15) is 0 Å². The molecule has 1 heterocycles. The van der Waals surface area contributed by atoms with Gasteiger partial charge in [-0.25, -0.2) is 13.1 Å². The predicted octanol–water partition coefficient (Wildman–Crippen LogP) is 4.39. The summed E-state index contributed by atoms with van der Waals surface area (Å²) in [4.78, 5) is 0.250. The number of rotatable bonds is 7. The highest BCUT2D eigenvalue weighted by Crippen LogP contribution is 2.33. The summed E-state index contributed by atoms with van der Waals surface area (Å²) in [6, 6.07) is 16.1. The fraction of sp³-hybridized carbons (Fsp3) is 0.250. The SMILES string of the molecule is C[C@@H](CNc1nnc(C2=CC=CC[C@@H]2C)c2ccccc12)NS(=O)(=O)c1ccccc1. The van der Waals surface area contributed by atoms with Crippen LogP contribution in [0.1, 0.15) is 26.0 Å². The van der Waals surface area contributed by atoms with Gasteiger partial charge >= 0.3 is 0 Å². The molecule has 7 heteroatoms. The zero-order valence-electron chi connectivity index (χ0n) is 17.6. The van der Waals surface area contributed by atoms with Crippen LogP contribution < -0.4 is 10.0 Å². The van der Waals surface area contributed by atoms with E-state index in [1.807, 2.05) is 25.1 Å². The second-order valence-corrected chi connectivity index (χ2v) is 9.56. The number of nitrogens with zero attached hydrogens (tertiary/aromatic N) is 2. The zero-order chi connectivity index (χ0) is 21.8. The van der Waals surface area contributed by atoms with Gasteiger partial charge in [0.05, 0.1) is 10.6 Å². The van der Waals surface area contributed by atoms with Crippen molar-refractivity contribution >= 4 is 32.2 Å². The Morgan fingerprint density at radius 2 is 1.74 bits per heavy atom. The Hall–Kier alpha value is -3.03. The summed E-state index contributed by atoms with van der Waals surface area (Å²) in [5.74, 6) is 1.03. The van der Waals surface area contributed by atoms with Crippen molar-refractivity contribution in [2.24, 2.45) is 5.92 Å². The smallest absolute Gasteiger partial charge is 0.240 e. The van der Waals surface area contributed by atoms with Crippen molar-refractivity contribution in [2.75, 3.05) is 11.9 Å². The minimum atomic E-state index is -3.57. The van der Waals surface area contributed by atoms with E-state index < -0.39 is 10.0 Å². The van der Waals surface area contributed by atoms with Crippen molar-refractivity contribution in [1.29, 1.82) is 0 Å². The molecule has 31 heavy (non-hydrogen) atoms. The standard InChI is InChI=1S/C24H26N4O2S/c1-17-10-6-7-13-20(17)23-21-14-8-9-15-22(21)24(27-26-23)25-16-18(2)28-31(29,30)19-11-4-3-5-12-19/h3-9,11-15,17-18,28H,10,16H2,1-2H3,(H,25,27)/t17-,18-/m0/s1. The largest absolute Gasteiger partial charge is 0.366 e. The summed E-state index contributed by atoms with van der Waals surface area (Å²) < 4.78 is 27.8. The summed E-state index contributed by atoms with van der Waals surface area (Å²) in [6.45, 7) is 4.39. The summed E-state index contributed by atoms with van der Waals surface area (Å²) >= 11 is 0. The monoisotopic (exact) mass is 434 g/mol. The van der Waals surface area contributed by atoms with E-state index in [4.69, 9.17) is 0 Å². The average molecular weight is 435 g/mol. The first-order chi connectivity index (χ1) is 15.0. The van der Waals surface area contributed by atoms with Gasteiger partial charge < -0.3 is 5.32 Å². The van der Waals surface area contributed by atoms with Crippen LogP contribution in [0.4, 0.5) is 5.82 Å². The molecule has 0 bridgehead atoms. The van der Waals surface area contributed by atoms with Gasteiger partial charge in [-0.15, -0.1) is 10.2 Å². The lowest BCUT2D eigenvalue weighted by atomic mass is 9.89. The molecule has 0 amide bonds. The molecule has 0 saturated carbocycles. The maximum atomic E-state index is 12.5. The Labute approximate surface area is 183 Å². The van der Waals surface area contributed by atoms with Crippen molar-refractivity contribution in [1.82, 2.24) is 14.9 Å². The van der Waals surface area contributed by atoms with E-state index in [0.29, 0.717) is 18.3 Å². The second-order valence-electron chi connectivity index (χ2n) is 7.85. The highest BCUT2D eigenvalue weighted by atomic mass is 32.2. The molecule has 4 rings (SSSR count). The van der Waals surface area contributed by atoms with Gasteiger partial charge in [0.25, 0.3) is 0 Å². The van der Waals surface area contributed by atoms with E-state index >= 15 is 0 Å². The Morgan fingerprint density at radius 3 is 2.48 bits per heavy atom. The molecule has 2 aromatic carbocycles. The molecule has 6 nitrogen and oxygen atoms in total. The number of anilines is 1. The van der Waals surface area contributed by atoms with Gasteiger partial charge in [-0.1, -0.05) is 67.6 Å². The van der Waals surface area contributed by atoms with Crippen LogP contribution in [0.3, 0.4) is 0 Å². The number of hydrogen-bond acceptors (Lipinski definition) is 5. The molecule has 2 N–H and O–H groups in total. The molecular weight excluding hydrogens is 408 g/mol. The molecule has 0 aliphatic heterocycles. The van der Waals surface area contributed by atoms with E-state index in [9.17, 15) is 8.42 Å². The van der Waals surface area contributed by atoms with Gasteiger partial charge in [0.1, 0.15) is 0 Å². The Kier molecular flexibility index (Phi) is 6.15. The summed E-state index contributed by atoms with van der Waals surface area (Å²) in [5.41, 5.74) is 2.08. The van der Waals surface area contributed by atoms with Crippen molar-refractivity contribution in [3.8, 4) is 0 Å². The molecule has 1 aliphatic rings. The molecular formula is C24H26N4O2S. The van der Waals surface area contributed by atoms with Gasteiger partial charge in [0.15, 0.2) is 5.82 Å². The molecule has 3 aromatic rings. The first-order valence-corrected chi connectivity index (χ1v) is 11.9. The van der Waals surface area contributed by atoms with Gasteiger partial charge in [0.2, 0.25) is 10.0 Å². The zero-order valence-corrected chi connectivity index (χ0v) is 18.4. The van der Waals surface area contributed by atoms with E-state index in [1.54, 1.807) is 30.3 Å². The van der Waals surface area contributed by atoms with Crippen LogP contribution in [0.5, 0.6) is 0 Å². The molecule has 0 saturated heterocycles. The van der Waals surface area contributed by atoms with E-state index in [0.717, 1.165) is 22.9 Å². The minimum Gasteiger partial charge on any atom is -0.366 e. The second kappa shape index (κ2) is 8.99. The highest BCUT2D eigenvalue weighted by Gasteiger charge is 2.20. The van der Waals surface area contributed by atoms with Gasteiger partial charge in [-0.3, -0.25) is 0 Å². The lowest BCUT2D eigenvalue weighted by Gasteiger charge is -2.19. The van der Waals surface area contributed by atoms with Crippen molar-refractivity contribution in [3.63, 3.8) is 0 Å². The fourth-order valence-electron chi connectivity index (χ4n) is 3.73. The first kappa shape index (κ1) is 21.2. The quantitative estimate of drug-likeness (QED) is 0.576. The van der Waals surface area contributed by atoms with Crippen LogP contribution in [0.2, 0.25) is 0 Å². The normalized spacial score (nSPS) is 17.4. The molecule has 2 atom stereocenters. The van der Waals surface area contributed by atoms with Gasteiger partial charge in [0, 0.05) is 23.4 Å². The van der Waals surface area contributed by atoms with Crippen LogP contribution in [0, 0.1) is 5.92 Å². The predicted molar refractivity (Wildman–Crippen MR) is 125 cm³/mol. The minimum absolute atomic E-state index is 0.250. The maximum Gasteiger partial charge on any atom is 0.240 e. The van der Waals surface area contributed by atoms with Gasteiger partial charge in [-0.05, 0) is 37.0 Å². The Morgan fingerprint density at radius 1 is 1.03 bits per heavy atom. The molecule has 160 valence electrons. The number of fused-ring (bicyclic) bond motifs is 1. The highest BCUT2D eigenvalue weighted by molar-refractivity contribution is 7.89. The lowest BCUT2D eigenvalue weighted by molar-refractivity contribution is 0.565. The number of aromatic nitrogens is 2. The molecule has 1 aliphatic carbocycles. The van der Waals surface area contributed by atoms with Crippen LogP contribution in [0.15, 0.2) is 77.7 Å². The van der Waals surface area contributed by atoms with Crippen molar-refractivity contribution in [3.05, 3.63) is 78.5 Å². The third-order valence-electron chi connectivity index (χ3n) is 5.38. The molecule has 0 spiro atoms. The number of nitrogens with one attached hydrogen (secondary N) is 2. The Bertz CT molecular complexity index is 1240. The van der Waals surface area contributed by atoms with Crippen LogP contribution in [0.25, 0.3) is 16.3 Å². The Balaban J connectivity index is 1.54. The summed E-state index contributed by atoms with van der Waals surface area (Å²) in [5, 5.41) is 14.2. The molecule has 0 unspecified atom stereocenters. The number of hydrogen-bond donors (Lipinski definition) is 2. The fourth-order valence-corrected chi connectivity index (χ4v) is 4.99. The third-order valence-corrected chi connectivity index (χ3v) is 6.98. The number of allylic oxidation sites excluding steroid dienone is 4. The molecule has 0 radical (unpaired) electrons. The van der Waals surface area contributed by atoms with Crippen LogP contribution in [-0.2, 0) is 10.0 Å². The van der Waals surface area contributed by atoms with E-state index in [-0.39, 0.29) is 10.9 Å². The topological polar surface area (TPSA) is 84.0 Å². The van der Waals surface area contributed by atoms with Crippen LogP contribution >= 0.6 is 0 Å². The van der Waals surface area contributed by atoms with Crippen molar-refractivity contribution < 1.29 is 8.42 Å². The third kappa shape index (κ3) is 4.68. The molecule has 1 aromatic heterocycles. The number of sulfonamides is 1. The van der Waals surface area contributed by atoms with E-state index in [1.165, 1.54) is 5.57 Å². The van der Waals surface area contributed by atoms with E-state index in [2.05, 4.69) is 51.5 Å². The van der Waals surface area contributed by atoms with Crippen LogP contribution in [-0.4, -0.2) is 31.2 Å². The molecule has 0 fully saturated rings. The average Bonchev–Trinajstić information content (AvgIpc) is 2.78. The summed E-state index contributed by atoms with van der Waals surface area (Å²) in [6.07, 6.45) is 7.33. The van der Waals surface area contributed by atoms with Crippen molar-refractivity contribution in [2.45, 2.75) is 31.2 Å². The number of benzene rings is 2. The summed E-state index contributed by atoms with van der Waals surface area (Å²) in [7, 11) is -3.57. The lowest BCUT2D eigenvalue weighted by Crippen LogP contribution is -2.37.